The van der Waals surface area contributed by atoms with Crippen LogP contribution in [0.5, 0.6) is 0 Å². The van der Waals surface area contributed by atoms with E-state index in [2.05, 4.69) is 0 Å². The zero-order valence-electron chi connectivity index (χ0n) is 11.4. The van der Waals surface area contributed by atoms with Gasteiger partial charge in [0.15, 0.2) is 0 Å². The van der Waals surface area contributed by atoms with Crippen LogP contribution in [0, 0.1) is 0 Å². The fourth-order valence-corrected chi connectivity index (χ4v) is 1.82. The summed E-state index contributed by atoms with van der Waals surface area (Å²) in [4.78, 5) is 22.0. The van der Waals surface area contributed by atoms with Gasteiger partial charge in [-0.3, -0.25) is 0 Å². The highest BCUT2D eigenvalue weighted by Crippen LogP contribution is 2.21. The van der Waals surface area contributed by atoms with Crippen molar-refractivity contribution in [3.63, 3.8) is 0 Å². The third kappa shape index (κ3) is 5.10. The predicted molar refractivity (Wildman–Crippen MR) is 77.3 cm³/mol. The van der Waals surface area contributed by atoms with Crippen molar-refractivity contribution in [1.29, 1.82) is 0 Å². The van der Waals surface area contributed by atoms with Crippen molar-refractivity contribution in [3.05, 3.63) is 53.1 Å². The second-order valence-corrected chi connectivity index (χ2v) is 4.39. The Morgan fingerprint density at radius 1 is 1.15 bits per heavy atom. The molecule has 0 saturated heterocycles. The summed E-state index contributed by atoms with van der Waals surface area (Å²) in [6.07, 6.45) is 4.75. The van der Waals surface area contributed by atoms with E-state index in [1.54, 1.807) is 6.08 Å². The van der Waals surface area contributed by atoms with Crippen LogP contribution in [-0.4, -0.2) is 22.2 Å². The number of hydrogen-bond donors (Lipinski definition) is 2. The summed E-state index contributed by atoms with van der Waals surface area (Å²) in [5.41, 5.74) is 1.24. The van der Waals surface area contributed by atoms with Crippen LogP contribution < -0.4 is 0 Å². The van der Waals surface area contributed by atoms with Crippen LogP contribution in [0.15, 0.2) is 47.6 Å². The van der Waals surface area contributed by atoms with E-state index in [1.807, 2.05) is 37.3 Å². The topological polar surface area (TPSA) is 74.6 Å². The van der Waals surface area contributed by atoms with Crippen molar-refractivity contribution >= 4 is 18.0 Å². The summed E-state index contributed by atoms with van der Waals surface area (Å²) < 4.78 is 0. The standard InChI is InChI=1S/C16H18O4/c1-2-3-9-13(10-12-7-5-4-6-8-12)14(16(19)20)11-15(17)18/h4-8,10-11H,2-3,9H2,1H3,(H,17,18)(H,19,20)/b13-10-,14-11-. The van der Waals surface area contributed by atoms with Crippen LogP contribution in [0.1, 0.15) is 31.7 Å². The first-order valence-corrected chi connectivity index (χ1v) is 6.48. The van der Waals surface area contributed by atoms with Crippen molar-refractivity contribution < 1.29 is 19.8 Å². The molecule has 4 heteroatoms. The quantitative estimate of drug-likeness (QED) is 0.590. The molecule has 0 unspecified atom stereocenters. The number of benzene rings is 1. The van der Waals surface area contributed by atoms with Gasteiger partial charge < -0.3 is 10.2 Å². The molecule has 4 nitrogen and oxygen atoms in total. The second-order valence-electron chi connectivity index (χ2n) is 4.39. The summed E-state index contributed by atoms with van der Waals surface area (Å²) in [6.45, 7) is 2.00. The van der Waals surface area contributed by atoms with Crippen LogP contribution in [0.25, 0.3) is 6.08 Å². The van der Waals surface area contributed by atoms with E-state index in [0.29, 0.717) is 12.0 Å². The monoisotopic (exact) mass is 274 g/mol. The van der Waals surface area contributed by atoms with E-state index in [0.717, 1.165) is 24.5 Å². The molecule has 0 spiro atoms. The Hall–Kier alpha value is -2.36. The first-order chi connectivity index (χ1) is 9.54. The third-order valence-corrected chi connectivity index (χ3v) is 2.78. The van der Waals surface area contributed by atoms with Crippen molar-refractivity contribution in [2.75, 3.05) is 0 Å². The molecule has 0 atom stereocenters. The van der Waals surface area contributed by atoms with Gasteiger partial charge >= 0.3 is 11.9 Å². The second kappa shape index (κ2) is 7.94. The first kappa shape index (κ1) is 15.7. The maximum absolute atomic E-state index is 11.3. The lowest BCUT2D eigenvalue weighted by molar-refractivity contribution is -0.134. The SMILES string of the molecule is CCCCC(=C/c1ccccc1)/C(=C/C(=O)O)C(=O)O. The number of unbranched alkanes of at least 4 members (excludes halogenated alkanes) is 1. The average molecular weight is 274 g/mol. The van der Waals surface area contributed by atoms with Gasteiger partial charge in [0.25, 0.3) is 0 Å². The van der Waals surface area contributed by atoms with Gasteiger partial charge in [0.05, 0.1) is 5.57 Å². The van der Waals surface area contributed by atoms with E-state index >= 15 is 0 Å². The molecule has 1 rings (SSSR count). The number of hydrogen-bond acceptors (Lipinski definition) is 2. The molecule has 106 valence electrons. The summed E-state index contributed by atoms with van der Waals surface area (Å²) >= 11 is 0. The first-order valence-electron chi connectivity index (χ1n) is 6.48. The van der Waals surface area contributed by atoms with Gasteiger partial charge in [-0.25, -0.2) is 9.59 Å². The maximum Gasteiger partial charge on any atom is 0.336 e. The summed E-state index contributed by atoms with van der Waals surface area (Å²) in [5, 5.41) is 18.0. The highest BCUT2D eigenvalue weighted by atomic mass is 16.4. The fourth-order valence-electron chi connectivity index (χ4n) is 1.82. The molecule has 0 saturated carbocycles. The number of carbonyl (C=O) groups is 2. The molecule has 2 N–H and O–H groups in total. The van der Waals surface area contributed by atoms with Gasteiger partial charge in [0.2, 0.25) is 0 Å². The van der Waals surface area contributed by atoms with Crippen LogP contribution >= 0.6 is 0 Å². The molecule has 0 fully saturated rings. The lowest BCUT2D eigenvalue weighted by Crippen LogP contribution is -2.07. The van der Waals surface area contributed by atoms with Gasteiger partial charge in [-0.15, -0.1) is 0 Å². The fraction of sp³-hybridized carbons (Fsp3) is 0.250. The Kier molecular flexibility index (Phi) is 6.23. The molecule has 20 heavy (non-hydrogen) atoms. The van der Waals surface area contributed by atoms with Crippen LogP contribution in [0.2, 0.25) is 0 Å². The molecule has 1 aromatic rings. The smallest absolute Gasteiger partial charge is 0.336 e. The average Bonchev–Trinajstić information content (AvgIpc) is 2.41. The molecule has 0 amide bonds. The minimum absolute atomic E-state index is 0.158. The summed E-state index contributed by atoms with van der Waals surface area (Å²) in [7, 11) is 0. The lowest BCUT2D eigenvalue weighted by atomic mass is 9.97. The minimum Gasteiger partial charge on any atom is -0.478 e. The van der Waals surface area contributed by atoms with E-state index in [1.165, 1.54) is 0 Å². The zero-order chi connectivity index (χ0) is 15.0. The van der Waals surface area contributed by atoms with Crippen molar-refractivity contribution in [2.45, 2.75) is 26.2 Å². The highest BCUT2D eigenvalue weighted by molar-refractivity contribution is 5.99. The Bertz CT molecular complexity index is 527. The molecule has 1 aromatic carbocycles. The van der Waals surface area contributed by atoms with Gasteiger partial charge in [-0.2, -0.15) is 0 Å². The molecular weight excluding hydrogens is 256 g/mol. The number of carboxylic acids is 2. The number of aliphatic carboxylic acids is 2. The molecule has 0 aliphatic heterocycles. The van der Waals surface area contributed by atoms with E-state index in [4.69, 9.17) is 5.11 Å². The summed E-state index contributed by atoms with van der Waals surface area (Å²) in [5.74, 6) is -2.47. The number of carboxylic acid groups (broad SMARTS) is 2. The normalized spacial score (nSPS) is 12.2. The Labute approximate surface area is 118 Å². The molecule has 0 radical (unpaired) electrons. The van der Waals surface area contributed by atoms with Gasteiger partial charge in [-0.05, 0) is 24.0 Å². The molecule has 0 heterocycles. The van der Waals surface area contributed by atoms with Crippen molar-refractivity contribution in [3.8, 4) is 0 Å². The molecule has 0 aromatic heterocycles. The summed E-state index contributed by atoms with van der Waals surface area (Å²) in [6, 6.07) is 9.28. The van der Waals surface area contributed by atoms with Crippen LogP contribution in [0.3, 0.4) is 0 Å². The maximum atomic E-state index is 11.3. The Morgan fingerprint density at radius 3 is 2.30 bits per heavy atom. The van der Waals surface area contributed by atoms with Crippen molar-refractivity contribution in [1.82, 2.24) is 0 Å². The van der Waals surface area contributed by atoms with Crippen LogP contribution in [0.4, 0.5) is 0 Å². The van der Waals surface area contributed by atoms with E-state index in [-0.39, 0.29) is 5.57 Å². The minimum atomic E-state index is -1.25. The van der Waals surface area contributed by atoms with Crippen LogP contribution in [-0.2, 0) is 9.59 Å². The molecule has 0 bridgehead atoms. The largest absolute Gasteiger partial charge is 0.478 e. The molecular formula is C16H18O4. The highest BCUT2D eigenvalue weighted by Gasteiger charge is 2.15. The Morgan fingerprint density at radius 2 is 1.80 bits per heavy atom. The van der Waals surface area contributed by atoms with E-state index in [9.17, 15) is 14.7 Å². The Balaban J connectivity index is 3.19. The predicted octanol–water partition coefficient (Wildman–Crippen LogP) is 3.36. The van der Waals surface area contributed by atoms with Crippen molar-refractivity contribution in [2.24, 2.45) is 0 Å². The van der Waals surface area contributed by atoms with E-state index < -0.39 is 11.9 Å². The third-order valence-electron chi connectivity index (χ3n) is 2.78. The zero-order valence-corrected chi connectivity index (χ0v) is 11.4. The van der Waals surface area contributed by atoms with Gasteiger partial charge in [0, 0.05) is 6.08 Å². The molecule has 0 aliphatic rings. The molecule has 0 aliphatic carbocycles. The lowest BCUT2D eigenvalue weighted by Gasteiger charge is -2.08. The van der Waals surface area contributed by atoms with Gasteiger partial charge in [-0.1, -0.05) is 49.8 Å². The van der Waals surface area contributed by atoms with Gasteiger partial charge in [0.1, 0.15) is 0 Å². The number of rotatable bonds is 7.